The lowest BCUT2D eigenvalue weighted by Gasteiger charge is -2.14. The molecule has 0 spiro atoms. The first-order valence-corrected chi connectivity index (χ1v) is 9.77. The fourth-order valence-corrected chi connectivity index (χ4v) is 2.72. The van der Waals surface area contributed by atoms with Crippen molar-refractivity contribution >= 4 is 11.6 Å². The summed E-state index contributed by atoms with van der Waals surface area (Å²) in [4.78, 5) is 8.89. The van der Waals surface area contributed by atoms with Gasteiger partial charge in [-0.25, -0.2) is 14.4 Å². The second-order valence-corrected chi connectivity index (χ2v) is 6.45. The molecular formula is C23H25FN4O3. The molecule has 0 aliphatic heterocycles. The Hall–Kier alpha value is -3.81. The minimum atomic E-state index is -0.313. The molecule has 2 N–H and O–H groups in total. The molecule has 0 saturated heterocycles. The Morgan fingerprint density at radius 2 is 1.77 bits per heavy atom. The van der Waals surface area contributed by atoms with E-state index in [9.17, 15) is 4.39 Å². The van der Waals surface area contributed by atoms with Crippen molar-refractivity contribution in [1.29, 1.82) is 0 Å². The molecule has 0 aliphatic rings. The van der Waals surface area contributed by atoms with Crippen LogP contribution in [0.5, 0.6) is 23.1 Å². The van der Waals surface area contributed by atoms with E-state index in [0.717, 1.165) is 11.3 Å². The molecule has 31 heavy (non-hydrogen) atoms. The van der Waals surface area contributed by atoms with Crippen molar-refractivity contribution < 1.29 is 18.6 Å². The van der Waals surface area contributed by atoms with Crippen molar-refractivity contribution in [1.82, 2.24) is 10.3 Å². The molecule has 0 atom stereocenters. The standard InChI is InChI=1S/C23H25FN4O3/c1-4-25-23(28-18-8-11-20(29-2)21(13-18)30-3)27-15-16-5-12-22(26-14-16)31-19-9-6-17(24)7-10-19/h5-14H,4,15H2,1-3H3,(H2,25,27,28). The normalized spacial score (nSPS) is 11.0. The third kappa shape index (κ3) is 6.33. The molecular weight excluding hydrogens is 399 g/mol. The Morgan fingerprint density at radius 1 is 1.00 bits per heavy atom. The number of aromatic nitrogens is 1. The Kier molecular flexibility index (Phi) is 7.64. The maximum absolute atomic E-state index is 13.0. The zero-order valence-electron chi connectivity index (χ0n) is 17.7. The lowest BCUT2D eigenvalue weighted by Crippen LogP contribution is -2.30. The van der Waals surface area contributed by atoms with E-state index in [1.807, 2.05) is 31.2 Å². The number of nitrogens with one attached hydrogen (secondary N) is 2. The summed E-state index contributed by atoms with van der Waals surface area (Å²) >= 11 is 0. The Balaban J connectivity index is 1.65. The quantitative estimate of drug-likeness (QED) is 0.406. The van der Waals surface area contributed by atoms with Crippen LogP contribution in [0.25, 0.3) is 0 Å². The molecule has 7 nitrogen and oxygen atoms in total. The van der Waals surface area contributed by atoms with E-state index >= 15 is 0 Å². The first-order valence-electron chi connectivity index (χ1n) is 9.77. The van der Waals surface area contributed by atoms with E-state index in [0.29, 0.717) is 42.2 Å². The van der Waals surface area contributed by atoms with Crippen molar-refractivity contribution in [2.75, 3.05) is 26.1 Å². The van der Waals surface area contributed by atoms with Gasteiger partial charge in [0.2, 0.25) is 5.88 Å². The monoisotopic (exact) mass is 424 g/mol. The summed E-state index contributed by atoms with van der Waals surface area (Å²) in [6, 6.07) is 15.0. The van der Waals surface area contributed by atoms with Gasteiger partial charge in [0.05, 0.1) is 20.8 Å². The number of nitrogens with zero attached hydrogens (tertiary/aromatic N) is 2. The molecule has 0 radical (unpaired) electrons. The predicted molar refractivity (Wildman–Crippen MR) is 119 cm³/mol. The van der Waals surface area contributed by atoms with Gasteiger partial charge in [-0.3, -0.25) is 0 Å². The van der Waals surface area contributed by atoms with Crippen molar-refractivity contribution in [3.8, 4) is 23.1 Å². The Morgan fingerprint density at radius 3 is 2.42 bits per heavy atom. The number of benzene rings is 2. The first kappa shape index (κ1) is 21.9. The summed E-state index contributed by atoms with van der Waals surface area (Å²) in [7, 11) is 3.19. The van der Waals surface area contributed by atoms with Gasteiger partial charge in [-0.15, -0.1) is 0 Å². The lowest BCUT2D eigenvalue weighted by atomic mass is 10.2. The summed E-state index contributed by atoms with van der Waals surface area (Å²) in [5, 5.41) is 6.46. The van der Waals surface area contributed by atoms with Gasteiger partial charge >= 0.3 is 0 Å². The summed E-state index contributed by atoms with van der Waals surface area (Å²) in [5.74, 6) is 2.55. The average molecular weight is 424 g/mol. The second kappa shape index (κ2) is 10.8. The van der Waals surface area contributed by atoms with E-state index in [1.54, 1.807) is 38.6 Å². The SMILES string of the molecule is CCNC(=NCc1ccc(Oc2ccc(F)cc2)nc1)Nc1ccc(OC)c(OC)c1. The second-order valence-electron chi connectivity index (χ2n) is 6.45. The highest BCUT2D eigenvalue weighted by atomic mass is 19.1. The van der Waals surface area contributed by atoms with Gasteiger partial charge in [0.15, 0.2) is 17.5 Å². The molecule has 0 unspecified atom stereocenters. The zero-order chi connectivity index (χ0) is 22.1. The van der Waals surface area contributed by atoms with Crippen LogP contribution in [0.2, 0.25) is 0 Å². The van der Waals surface area contributed by atoms with Crippen LogP contribution in [0.3, 0.4) is 0 Å². The van der Waals surface area contributed by atoms with Crippen LogP contribution in [0.15, 0.2) is 65.8 Å². The van der Waals surface area contributed by atoms with E-state index < -0.39 is 0 Å². The number of hydrogen-bond acceptors (Lipinski definition) is 5. The molecule has 1 aromatic heterocycles. The fourth-order valence-electron chi connectivity index (χ4n) is 2.72. The van der Waals surface area contributed by atoms with Crippen molar-refractivity contribution in [2.45, 2.75) is 13.5 Å². The number of pyridine rings is 1. The highest BCUT2D eigenvalue weighted by molar-refractivity contribution is 5.93. The van der Waals surface area contributed by atoms with Crippen LogP contribution in [0.1, 0.15) is 12.5 Å². The van der Waals surface area contributed by atoms with E-state index in [-0.39, 0.29) is 5.82 Å². The summed E-state index contributed by atoms with van der Waals surface area (Å²) in [5.41, 5.74) is 1.73. The summed E-state index contributed by atoms with van der Waals surface area (Å²) < 4.78 is 29.2. The molecule has 3 rings (SSSR count). The Bertz CT molecular complexity index is 1010. The highest BCUT2D eigenvalue weighted by Crippen LogP contribution is 2.29. The van der Waals surface area contributed by atoms with Crippen LogP contribution in [0.4, 0.5) is 10.1 Å². The summed E-state index contributed by atoms with van der Waals surface area (Å²) in [6.07, 6.45) is 1.70. The molecule has 0 fully saturated rings. The molecule has 8 heteroatoms. The van der Waals surface area contributed by atoms with E-state index in [2.05, 4.69) is 20.6 Å². The molecule has 0 amide bonds. The largest absolute Gasteiger partial charge is 0.493 e. The number of guanidine groups is 1. The number of halogens is 1. The minimum Gasteiger partial charge on any atom is -0.493 e. The minimum absolute atomic E-state index is 0.313. The molecule has 3 aromatic rings. The zero-order valence-corrected chi connectivity index (χ0v) is 17.7. The van der Waals surface area contributed by atoms with Gasteiger partial charge in [-0.2, -0.15) is 0 Å². The van der Waals surface area contributed by atoms with Gasteiger partial charge in [0, 0.05) is 30.6 Å². The lowest BCUT2D eigenvalue weighted by molar-refractivity contribution is 0.355. The van der Waals surface area contributed by atoms with E-state index in [1.165, 1.54) is 12.1 Å². The number of aliphatic imine (C=N–C) groups is 1. The molecule has 0 aliphatic carbocycles. The van der Waals surface area contributed by atoms with E-state index in [4.69, 9.17) is 14.2 Å². The molecule has 1 heterocycles. The fraction of sp³-hybridized carbons (Fsp3) is 0.217. The maximum Gasteiger partial charge on any atom is 0.219 e. The van der Waals surface area contributed by atoms with Crippen LogP contribution in [-0.2, 0) is 6.54 Å². The number of anilines is 1. The van der Waals surface area contributed by atoms with Gasteiger partial charge in [0.1, 0.15) is 11.6 Å². The summed E-state index contributed by atoms with van der Waals surface area (Å²) in [6.45, 7) is 3.13. The molecule has 162 valence electrons. The molecule has 0 saturated carbocycles. The Labute approximate surface area is 180 Å². The average Bonchev–Trinajstić information content (AvgIpc) is 2.80. The van der Waals surface area contributed by atoms with Crippen molar-refractivity contribution in [3.63, 3.8) is 0 Å². The number of ether oxygens (including phenoxy) is 3. The van der Waals surface area contributed by atoms with Crippen LogP contribution in [-0.4, -0.2) is 31.7 Å². The van der Waals surface area contributed by atoms with Crippen molar-refractivity contribution in [2.24, 2.45) is 4.99 Å². The smallest absolute Gasteiger partial charge is 0.219 e. The topological polar surface area (TPSA) is 77.0 Å². The number of rotatable bonds is 8. The van der Waals surface area contributed by atoms with Gasteiger partial charge < -0.3 is 24.8 Å². The van der Waals surface area contributed by atoms with Gasteiger partial charge in [0.25, 0.3) is 0 Å². The molecule has 0 bridgehead atoms. The number of methoxy groups -OCH3 is 2. The molecule has 2 aromatic carbocycles. The predicted octanol–water partition coefficient (Wildman–Crippen LogP) is 4.61. The third-order valence-electron chi connectivity index (χ3n) is 4.24. The van der Waals surface area contributed by atoms with Crippen LogP contribution < -0.4 is 24.8 Å². The first-order chi connectivity index (χ1) is 15.1. The van der Waals surface area contributed by atoms with Crippen molar-refractivity contribution in [3.05, 3.63) is 72.2 Å². The van der Waals surface area contributed by atoms with Gasteiger partial charge in [-0.05, 0) is 48.9 Å². The van der Waals surface area contributed by atoms with Crippen LogP contribution in [0, 0.1) is 5.82 Å². The number of hydrogen-bond donors (Lipinski definition) is 2. The third-order valence-corrected chi connectivity index (χ3v) is 4.24. The van der Waals surface area contributed by atoms with Gasteiger partial charge in [-0.1, -0.05) is 6.07 Å². The highest BCUT2D eigenvalue weighted by Gasteiger charge is 2.07. The van der Waals surface area contributed by atoms with Crippen LogP contribution >= 0.6 is 0 Å². The maximum atomic E-state index is 13.0.